The van der Waals surface area contributed by atoms with Crippen LogP contribution in [0.5, 0.6) is 0 Å². The van der Waals surface area contributed by atoms with Crippen LogP contribution in [0.4, 0.5) is 0 Å². The monoisotopic (exact) mass is 313 g/mol. The van der Waals surface area contributed by atoms with Crippen LogP contribution >= 0.6 is 0 Å². The van der Waals surface area contributed by atoms with E-state index in [-0.39, 0.29) is 0 Å². The molecule has 0 aliphatic rings. The third-order valence-corrected chi connectivity index (χ3v) is 4.38. The third-order valence-electron chi connectivity index (χ3n) is 4.38. The van der Waals surface area contributed by atoms with E-state index in [0.717, 1.165) is 0 Å². The molecule has 0 bridgehead atoms. The first-order chi connectivity index (χ1) is 9.93. The van der Waals surface area contributed by atoms with Gasteiger partial charge >= 0.3 is 0 Å². The van der Waals surface area contributed by atoms with Crippen molar-refractivity contribution in [2.75, 3.05) is 0 Å². The summed E-state index contributed by atoms with van der Waals surface area (Å²) in [6.45, 7) is 27.9. The standard InChI is InChI=1S/C19H43N3/c1-13(2)20(14(3)4)19(21(15(5)6)16(7)8)22(17(9)10)18(11)12/h13-19H,1-12H3. The molecule has 0 radical (unpaired) electrons. The summed E-state index contributed by atoms with van der Waals surface area (Å²) >= 11 is 0. The van der Waals surface area contributed by atoms with Crippen LogP contribution in [0.2, 0.25) is 0 Å². The summed E-state index contributed by atoms with van der Waals surface area (Å²) < 4.78 is 0. The number of hydrogen-bond donors (Lipinski definition) is 0. The molecule has 0 spiro atoms. The van der Waals surface area contributed by atoms with Gasteiger partial charge in [0, 0.05) is 36.3 Å². The van der Waals surface area contributed by atoms with Crippen LogP contribution in [0.25, 0.3) is 0 Å². The minimum absolute atomic E-state index is 0.333. The molecule has 0 aliphatic heterocycles. The van der Waals surface area contributed by atoms with Crippen molar-refractivity contribution in [3.8, 4) is 0 Å². The topological polar surface area (TPSA) is 9.72 Å². The minimum atomic E-state index is 0.333. The Bertz CT molecular complexity index is 224. The van der Waals surface area contributed by atoms with Crippen LogP contribution < -0.4 is 0 Å². The van der Waals surface area contributed by atoms with Crippen LogP contribution in [-0.4, -0.2) is 57.2 Å². The lowest BCUT2D eigenvalue weighted by atomic mass is 10.1. The molecule has 0 aromatic carbocycles. The second-order valence-corrected chi connectivity index (χ2v) is 8.25. The molecule has 0 rings (SSSR count). The van der Waals surface area contributed by atoms with Crippen molar-refractivity contribution >= 4 is 0 Å². The molecular formula is C19H43N3. The molecule has 0 aliphatic carbocycles. The summed E-state index contributed by atoms with van der Waals surface area (Å²) in [7, 11) is 0. The Morgan fingerprint density at radius 3 is 0.545 bits per heavy atom. The number of nitrogens with zero attached hydrogens (tertiary/aromatic N) is 3. The molecular weight excluding hydrogens is 270 g/mol. The number of hydrogen-bond acceptors (Lipinski definition) is 3. The van der Waals surface area contributed by atoms with E-state index in [4.69, 9.17) is 0 Å². The lowest BCUT2D eigenvalue weighted by Crippen LogP contribution is -2.67. The van der Waals surface area contributed by atoms with Gasteiger partial charge in [-0.15, -0.1) is 0 Å². The van der Waals surface area contributed by atoms with E-state index >= 15 is 0 Å². The Morgan fingerprint density at radius 2 is 0.455 bits per heavy atom. The quantitative estimate of drug-likeness (QED) is 0.575. The van der Waals surface area contributed by atoms with Crippen LogP contribution in [0, 0.1) is 0 Å². The number of rotatable bonds is 9. The fourth-order valence-corrected chi connectivity index (χ4v) is 3.85. The molecule has 0 amide bonds. The Balaban J connectivity index is 6.03. The molecule has 0 N–H and O–H groups in total. The molecule has 0 aromatic heterocycles. The summed E-state index contributed by atoms with van der Waals surface area (Å²) in [4.78, 5) is 8.00. The lowest BCUT2D eigenvalue weighted by Gasteiger charge is -2.54. The average Bonchev–Trinajstić information content (AvgIpc) is 2.24. The fraction of sp³-hybridized carbons (Fsp3) is 1.00. The molecule has 0 saturated heterocycles. The second kappa shape index (κ2) is 9.24. The SMILES string of the molecule is CC(C)N(C(C)C)C(N(C(C)C)C(C)C)N(C(C)C)C(C)C. The van der Waals surface area contributed by atoms with E-state index < -0.39 is 0 Å². The van der Waals surface area contributed by atoms with Crippen molar-refractivity contribution in [1.82, 2.24) is 14.7 Å². The van der Waals surface area contributed by atoms with Gasteiger partial charge in [0.15, 0.2) is 0 Å². The van der Waals surface area contributed by atoms with Crippen LogP contribution in [-0.2, 0) is 0 Å². The summed E-state index contributed by atoms with van der Waals surface area (Å²) in [5.74, 6) is 0. The van der Waals surface area contributed by atoms with Crippen LogP contribution in [0.15, 0.2) is 0 Å². The van der Waals surface area contributed by atoms with Gasteiger partial charge in [0.2, 0.25) is 0 Å². The zero-order valence-electron chi connectivity index (χ0n) is 17.4. The van der Waals surface area contributed by atoms with Gasteiger partial charge in [-0.25, -0.2) is 0 Å². The van der Waals surface area contributed by atoms with Crippen molar-refractivity contribution in [1.29, 1.82) is 0 Å². The molecule has 0 saturated carbocycles. The van der Waals surface area contributed by atoms with Crippen molar-refractivity contribution in [2.24, 2.45) is 0 Å². The molecule has 0 atom stereocenters. The van der Waals surface area contributed by atoms with Crippen molar-refractivity contribution in [3.63, 3.8) is 0 Å². The highest BCUT2D eigenvalue weighted by Gasteiger charge is 2.38. The first-order valence-electron chi connectivity index (χ1n) is 9.25. The highest BCUT2D eigenvalue weighted by atomic mass is 15.5. The van der Waals surface area contributed by atoms with Crippen molar-refractivity contribution in [3.05, 3.63) is 0 Å². The predicted octanol–water partition coefficient (Wildman–Crippen LogP) is 4.63. The zero-order chi connectivity index (χ0) is 17.8. The fourth-order valence-electron chi connectivity index (χ4n) is 3.85. The summed E-state index contributed by atoms with van der Waals surface area (Å²) in [5.41, 5.74) is 0. The summed E-state index contributed by atoms with van der Waals surface area (Å²) in [6.07, 6.45) is 0.333. The Labute approximate surface area is 141 Å². The second-order valence-electron chi connectivity index (χ2n) is 8.25. The first kappa shape index (κ1) is 21.9. The Morgan fingerprint density at radius 1 is 0.318 bits per heavy atom. The van der Waals surface area contributed by atoms with Gasteiger partial charge in [-0.1, -0.05) is 0 Å². The zero-order valence-corrected chi connectivity index (χ0v) is 17.4. The van der Waals surface area contributed by atoms with E-state index in [2.05, 4.69) is 97.8 Å². The summed E-state index contributed by atoms with van der Waals surface area (Å²) in [6, 6.07) is 3.11. The lowest BCUT2D eigenvalue weighted by molar-refractivity contribution is -0.144. The van der Waals surface area contributed by atoms with Crippen LogP contribution in [0.1, 0.15) is 83.1 Å². The molecule has 3 nitrogen and oxygen atoms in total. The molecule has 22 heavy (non-hydrogen) atoms. The maximum atomic E-state index is 2.67. The highest BCUT2D eigenvalue weighted by Crippen LogP contribution is 2.26. The Kier molecular flexibility index (Phi) is 9.19. The van der Waals surface area contributed by atoms with E-state index in [1.165, 1.54) is 0 Å². The molecule has 0 heterocycles. The van der Waals surface area contributed by atoms with Gasteiger partial charge in [-0.05, 0) is 83.1 Å². The molecule has 134 valence electrons. The van der Waals surface area contributed by atoms with Gasteiger partial charge in [0.05, 0.1) is 0 Å². The van der Waals surface area contributed by atoms with E-state index in [1.807, 2.05) is 0 Å². The maximum Gasteiger partial charge on any atom is 0.120 e. The van der Waals surface area contributed by atoms with Gasteiger partial charge < -0.3 is 0 Å². The minimum Gasteiger partial charge on any atom is -0.271 e. The summed E-state index contributed by atoms with van der Waals surface area (Å²) in [5, 5.41) is 0. The third kappa shape index (κ3) is 5.50. The largest absolute Gasteiger partial charge is 0.271 e. The van der Waals surface area contributed by atoms with Gasteiger partial charge in [0.25, 0.3) is 0 Å². The van der Waals surface area contributed by atoms with Crippen molar-refractivity contribution in [2.45, 2.75) is 126 Å². The smallest absolute Gasteiger partial charge is 0.120 e. The highest BCUT2D eigenvalue weighted by molar-refractivity contribution is 4.86. The van der Waals surface area contributed by atoms with E-state index in [9.17, 15) is 0 Å². The Hall–Kier alpha value is -0.120. The van der Waals surface area contributed by atoms with Gasteiger partial charge in [-0.3, -0.25) is 14.7 Å². The maximum absolute atomic E-state index is 2.67. The van der Waals surface area contributed by atoms with E-state index in [0.29, 0.717) is 42.5 Å². The van der Waals surface area contributed by atoms with Gasteiger partial charge in [0.1, 0.15) is 6.29 Å². The van der Waals surface area contributed by atoms with Crippen LogP contribution in [0.3, 0.4) is 0 Å². The molecule has 0 fully saturated rings. The average molecular weight is 314 g/mol. The molecule has 3 heteroatoms. The normalized spacial score (nSPS) is 13.9. The molecule has 0 aromatic rings. The van der Waals surface area contributed by atoms with Crippen molar-refractivity contribution < 1.29 is 0 Å². The molecule has 0 unspecified atom stereocenters. The predicted molar refractivity (Wildman–Crippen MR) is 100 cm³/mol. The first-order valence-corrected chi connectivity index (χ1v) is 9.25. The van der Waals surface area contributed by atoms with Gasteiger partial charge in [-0.2, -0.15) is 0 Å². The van der Waals surface area contributed by atoms with E-state index in [1.54, 1.807) is 0 Å².